The van der Waals surface area contributed by atoms with Crippen LogP contribution in [0, 0.1) is 0 Å². The first-order valence-corrected chi connectivity index (χ1v) is 6.81. The van der Waals surface area contributed by atoms with Crippen molar-refractivity contribution in [2.45, 2.75) is 25.4 Å². The maximum absolute atomic E-state index is 3.38. The Balaban J connectivity index is 1.71. The minimum Gasteiger partial charge on any atom is -0.361 e. The number of nitrogens with one attached hydrogen (secondary N) is 2. The summed E-state index contributed by atoms with van der Waals surface area (Å²) in [4.78, 5) is 5.92. The molecule has 2 aromatic rings. The lowest BCUT2D eigenvalue weighted by molar-refractivity contribution is 0.195. The van der Waals surface area contributed by atoms with E-state index in [2.05, 4.69) is 46.5 Å². The van der Waals surface area contributed by atoms with Gasteiger partial charge in [0.15, 0.2) is 0 Å². The van der Waals surface area contributed by atoms with Crippen LogP contribution in [0.5, 0.6) is 0 Å². The molecule has 1 aromatic heterocycles. The first-order valence-electron chi connectivity index (χ1n) is 6.81. The third-order valence-electron chi connectivity index (χ3n) is 4.06. The Morgan fingerprint density at radius 1 is 1.28 bits per heavy atom. The number of likely N-dealkylation sites (tertiary alicyclic amines) is 1. The molecule has 1 aliphatic rings. The van der Waals surface area contributed by atoms with Crippen LogP contribution in [0.15, 0.2) is 30.5 Å². The van der Waals surface area contributed by atoms with Gasteiger partial charge >= 0.3 is 0 Å². The van der Waals surface area contributed by atoms with Gasteiger partial charge in [-0.1, -0.05) is 18.2 Å². The van der Waals surface area contributed by atoms with Gasteiger partial charge in [-0.05, 0) is 50.0 Å². The Bertz CT molecular complexity index is 509. The first-order chi connectivity index (χ1) is 8.86. The zero-order valence-corrected chi connectivity index (χ0v) is 10.9. The molecular formula is C15H21N3. The zero-order chi connectivity index (χ0) is 12.4. The van der Waals surface area contributed by atoms with Crippen LogP contribution in [0.4, 0.5) is 0 Å². The van der Waals surface area contributed by atoms with Crippen LogP contribution < -0.4 is 5.32 Å². The number of aromatic nitrogens is 1. The van der Waals surface area contributed by atoms with Gasteiger partial charge in [0.25, 0.3) is 0 Å². The molecule has 0 radical (unpaired) electrons. The molecule has 2 N–H and O–H groups in total. The molecule has 3 heteroatoms. The number of nitrogens with zero attached hydrogens (tertiary/aromatic N) is 1. The lowest BCUT2D eigenvalue weighted by Crippen LogP contribution is -2.40. The van der Waals surface area contributed by atoms with Gasteiger partial charge in [-0.2, -0.15) is 0 Å². The van der Waals surface area contributed by atoms with Gasteiger partial charge in [-0.15, -0.1) is 0 Å². The number of benzene rings is 1. The van der Waals surface area contributed by atoms with E-state index >= 15 is 0 Å². The average molecular weight is 243 g/mol. The first kappa shape index (κ1) is 11.8. The van der Waals surface area contributed by atoms with E-state index in [9.17, 15) is 0 Å². The SMILES string of the molecule is CNC1CCN(Cc2cccc3cc[nH]c23)CC1. The molecule has 0 aliphatic carbocycles. The second-order valence-electron chi connectivity index (χ2n) is 5.20. The van der Waals surface area contributed by atoms with Gasteiger partial charge in [-0.25, -0.2) is 0 Å². The summed E-state index contributed by atoms with van der Waals surface area (Å²) in [6.07, 6.45) is 4.55. The summed E-state index contributed by atoms with van der Waals surface area (Å²) in [6, 6.07) is 9.42. The van der Waals surface area contributed by atoms with Crippen LogP contribution >= 0.6 is 0 Å². The van der Waals surface area contributed by atoms with E-state index in [0.717, 1.165) is 6.54 Å². The van der Waals surface area contributed by atoms with Crippen molar-refractivity contribution in [1.82, 2.24) is 15.2 Å². The van der Waals surface area contributed by atoms with Crippen LogP contribution in [0.2, 0.25) is 0 Å². The molecule has 3 nitrogen and oxygen atoms in total. The Morgan fingerprint density at radius 3 is 2.89 bits per heavy atom. The average Bonchev–Trinajstić information content (AvgIpc) is 2.89. The Kier molecular flexibility index (Phi) is 3.35. The van der Waals surface area contributed by atoms with Gasteiger partial charge in [0.05, 0.1) is 0 Å². The van der Waals surface area contributed by atoms with Gasteiger partial charge in [-0.3, -0.25) is 4.90 Å². The molecule has 1 saturated heterocycles. The third kappa shape index (κ3) is 2.28. The van der Waals surface area contributed by atoms with Crippen molar-refractivity contribution in [3.05, 3.63) is 36.0 Å². The van der Waals surface area contributed by atoms with Crippen LogP contribution in [0.3, 0.4) is 0 Å². The van der Waals surface area contributed by atoms with Gasteiger partial charge in [0.1, 0.15) is 0 Å². The number of piperidine rings is 1. The van der Waals surface area contributed by atoms with Gasteiger partial charge in [0, 0.05) is 24.3 Å². The summed E-state index contributed by atoms with van der Waals surface area (Å²) in [5.74, 6) is 0. The Hall–Kier alpha value is -1.32. The molecular weight excluding hydrogens is 222 g/mol. The number of para-hydroxylation sites is 1. The second-order valence-corrected chi connectivity index (χ2v) is 5.20. The van der Waals surface area contributed by atoms with Crippen LogP contribution in [0.1, 0.15) is 18.4 Å². The van der Waals surface area contributed by atoms with Crippen molar-refractivity contribution >= 4 is 10.9 Å². The largest absolute Gasteiger partial charge is 0.361 e. The van der Waals surface area contributed by atoms with E-state index in [1.54, 1.807) is 0 Å². The molecule has 0 amide bonds. The summed E-state index contributed by atoms with van der Waals surface area (Å²) >= 11 is 0. The molecule has 1 aliphatic heterocycles. The quantitative estimate of drug-likeness (QED) is 0.867. The minimum atomic E-state index is 0.711. The number of H-pyrrole nitrogens is 1. The van der Waals surface area contributed by atoms with Crippen LogP contribution in [-0.4, -0.2) is 36.1 Å². The molecule has 0 bridgehead atoms. The zero-order valence-electron chi connectivity index (χ0n) is 10.9. The molecule has 1 fully saturated rings. The molecule has 96 valence electrons. The second kappa shape index (κ2) is 5.12. The van der Waals surface area contributed by atoms with Crippen LogP contribution in [-0.2, 0) is 6.54 Å². The number of hydrogen-bond acceptors (Lipinski definition) is 2. The molecule has 18 heavy (non-hydrogen) atoms. The predicted molar refractivity (Wildman–Crippen MR) is 75.7 cm³/mol. The number of aromatic amines is 1. The number of fused-ring (bicyclic) bond motifs is 1. The van der Waals surface area contributed by atoms with Crippen LogP contribution in [0.25, 0.3) is 10.9 Å². The van der Waals surface area contributed by atoms with Crippen molar-refractivity contribution in [2.24, 2.45) is 0 Å². The standard InChI is InChI=1S/C15H21N3/c1-16-14-6-9-18(10-7-14)11-13-4-2-3-12-5-8-17-15(12)13/h2-5,8,14,16-17H,6-7,9-11H2,1H3. The topological polar surface area (TPSA) is 31.1 Å². The summed E-state index contributed by atoms with van der Waals surface area (Å²) in [7, 11) is 2.07. The van der Waals surface area contributed by atoms with Crippen molar-refractivity contribution < 1.29 is 0 Å². The summed E-state index contributed by atoms with van der Waals surface area (Å²) in [5.41, 5.74) is 2.72. The molecule has 0 atom stereocenters. The fourth-order valence-corrected chi connectivity index (χ4v) is 2.90. The molecule has 0 spiro atoms. The highest BCUT2D eigenvalue weighted by Crippen LogP contribution is 2.20. The number of hydrogen-bond donors (Lipinski definition) is 2. The Labute approximate surface area is 108 Å². The molecule has 1 aromatic carbocycles. The summed E-state index contributed by atoms with van der Waals surface area (Å²) < 4.78 is 0. The fourth-order valence-electron chi connectivity index (χ4n) is 2.90. The molecule has 3 rings (SSSR count). The van der Waals surface area contributed by atoms with E-state index in [0.29, 0.717) is 6.04 Å². The molecule has 2 heterocycles. The smallest absolute Gasteiger partial charge is 0.0499 e. The maximum atomic E-state index is 3.38. The van der Waals surface area contributed by atoms with Crippen molar-refractivity contribution in [2.75, 3.05) is 20.1 Å². The minimum absolute atomic E-state index is 0.711. The van der Waals surface area contributed by atoms with E-state index < -0.39 is 0 Å². The lowest BCUT2D eigenvalue weighted by atomic mass is 10.0. The highest BCUT2D eigenvalue weighted by Gasteiger charge is 2.18. The van der Waals surface area contributed by atoms with Crippen molar-refractivity contribution in [1.29, 1.82) is 0 Å². The maximum Gasteiger partial charge on any atom is 0.0499 e. The van der Waals surface area contributed by atoms with E-state index in [-0.39, 0.29) is 0 Å². The highest BCUT2D eigenvalue weighted by molar-refractivity contribution is 5.82. The number of rotatable bonds is 3. The monoisotopic (exact) mass is 243 g/mol. The van der Waals surface area contributed by atoms with E-state index in [1.807, 2.05) is 6.20 Å². The van der Waals surface area contributed by atoms with Crippen molar-refractivity contribution in [3.8, 4) is 0 Å². The predicted octanol–water partition coefficient (Wildman–Crippen LogP) is 2.35. The van der Waals surface area contributed by atoms with Gasteiger partial charge in [0.2, 0.25) is 0 Å². The Morgan fingerprint density at radius 2 is 2.11 bits per heavy atom. The highest BCUT2D eigenvalue weighted by atomic mass is 15.1. The normalized spacial score (nSPS) is 18.5. The molecule has 0 unspecified atom stereocenters. The molecule has 0 saturated carbocycles. The summed E-state index contributed by atoms with van der Waals surface area (Å²) in [5, 5.41) is 4.70. The van der Waals surface area contributed by atoms with Crippen molar-refractivity contribution in [3.63, 3.8) is 0 Å². The lowest BCUT2D eigenvalue weighted by Gasteiger charge is -2.31. The fraction of sp³-hybridized carbons (Fsp3) is 0.467. The van der Waals surface area contributed by atoms with E-state index in [4.69, 9.17) is 0 Å². The summed E-state index contributed by atoms with van der Waals surface area (Å²) in [6.45, 7) is 3.46. The van der Waals surface area contributed by atoms with Gasteiger partial charge < -0.3 is 10.3 Å². The van der Waals surface area contributed by atoms with E-state index in [1.165, 1.54) is 42.4 Å². The third-order valence-corrected chi connectivity index (χ3v) is 4.06.